The lowest BCUT2D eigenvalue weighted by molar-refractivity contribution is 0.828. The average Bonchev–Trinajstić information content (AvgIpc) is 3.07. The van der Waals surface area contributed by atoms with Gasteiger partial charge in [-0.2, -0.15) is 4.98 Å². The monoisotopic (exact) mass is 326 g/mol. The summed E-state index contributed by atoms with van der Waals surface area (Å²) in [6.07, 6.45) is 0. The van der Waals surface area contributed by atoms with Crippen molar-refractivity contribution in [2.45, 2.75) is 6.92 Å². The highest BCUT2D eigenvalue weighted by molar-refractivity contribution is 7.19. The van der Waals surface area contributed by atoms with Crippen LogP contribution in [0, 0.1) is 6.92 Å². The van der Waals surface area contributed by atoms with E-state index in [9.17, 15) is 0 Å². The molecule has 108 valence electrons. The number of halogens is 1. The number of benzene rings is 2. The molecule has 6 heteroatoms. The topological polar surface area (TPSA) is 43.1 Å². The van der Waals surface area contributed by atoms with Gasteiger partial charge in [-0.3, -0.25) is 0 Å². The van der Waals surface area contributed by atoms with Crippen LogP contribution in [0.5, 0.6) is 0 Å². The maximum absolute atomic E-state index is 5.90. The van der Waals surface area contributed by atoms with Gasteiger partial charge in [-0.25, -0.2) is 0 Å². The van der Waals surface area contributed by atoms with Crippen molar-refractivity contribution in [3.05, 3.63) is 59.1 Å². The molecular formula is C16H11ClN4S. The number of aryl methyl sites for hydroxylation is 1. The first-order chi connectivity index (χ1) is 10.7. The van der Waals surface area contributed by atoms with E-state index in [1.165, 1.54) is 16.9 Å². The predicted octanol–water partition coefficient (Wildman–Crippen LogP) is 4.48. The molecule has 0 amide bonds. The van der Waals surface area contributed by atoms with Crippen molar-refractivity contribution in [1.82, 2.24) is 19.8 Å². The lowest BCUT2D eigenvalue weighted by atomic mass is 10.2. The molecule has 2 heterocycles. The van der Waals surface area contributed by atoms with Gasteiger partial charge >= 0.3 is 0 Å². The van der Waals surface area contributed by atoms with E-state index in [0.29, 0.717) is 10.8 Å². The fraction of sp³-hybridized carbons (Fsp3) is 0.0625. The summed E-state index contributed by atoms with van der Waals surface area (Å²) in [4.78, 5) is 5.32. The van der Waals surface area contributed by atoms with E-state index in [1.807, 2.05) is 24.3 Å². The molecule has 4 rings (SSSR count). The highest BCUT2D eigenvalue weighted by Gasteiger charge is 2.12. The first-order valence-corrected chi connectivity index (χ1v) is 7.95. The van der Waals surface area contributed by atoms with E-state index >= 15 is 0 Å². The van der Waals surface area contributed by atoms with Gasteiger partial charge in [0.1, 0.15) is 5.01 Å². The standard InChI is InChI=1S/C16H11ClN4S/c1-10-2-4-12(5-3-10)15-20-21-16(22-15)18-14(19-21)11-6-8-13(17)9-7-11/h2-9H,1H3. The van der Waals surface area contributed by atoms with Gasteiger partial charge in [0.25, 0.3) is 0 Å². The Hall–Kier alpha value is -2.24. The Bertz CT molecular complexity index is 832. The quantitative estimate of drug-likeness (QED) is 0.545. The van der Waals surface area contributed by atoms with Crippen molar-refractivity contribution in [1.29, 1.82) is 0 Å². The normalized spacial score (nSPS) is 11.2. The van der Waals surface area contributed by atoms with Gasteiger partial charge in [-0.1, -0.05) is 52.8 Å². The third-order valence-corrected chi connectivity index (χ3v) is 4.54. The molecule has 0 spiro atoms. The molecule has 0 unspecified atom stereocenters. The molecule has 2 aromatic carbocycles. The van der Waals surface area contributed by atoms with Crippen LogP contribution in [-0.2, 0) is 0 Å². The minimum Gasteiger partial charge on any atom is -0.196 e. The summed E-state index contributed by atoms with van der Waals surface area (Å²) < 4.78 is 1.59. The minimum atomic E-state index is 0.658. The molecule has 0 aliphatic carbocycles. The number of rotatable bonds is 2. The zero-order valence-electron chi connectivity index (χ0n) is 11.7. The van der Waals surface area contributed by atoms with E-state index < -0.39 is 0 Å². The van der Waals surface area contributed by atoms with E-state index in [4.69, 9.17) is 11.6 Å². The SMILES string of the molecule is Cc1ccc(-c2nn3nc(-c4ccc(Cl)cc4)nc3s2)cc1. The van der Waals surface area contributed by atoms with E-state index in [1.54, 1.807) is 4.63 Å². The Balaban J connectivity index is 1.73. The molecule has 0 saturated carbocycles. The molecule has 0 fully saturated rings. The van der Waals surface area contributed by atoms with Crippen molar-refractivity contribution in [2.24, 2.45) is 0 Å². The summed E-state index contributed by atoms with van der Waals surface area (Å²) in [5.41, 5.74) is 3.24. The predicted molar refractivity (Wildman–Crippen MR) is 89.3 cm³/mol. The fourth-order valence-electron chi connectivity index (χ4n) is 2.15. The highest BCUT2D eigenvalue weighted by Crippen LogP contribution is 2.27. The first-order valence-electron chi connectivity index (χ1n) is 6.76. The number of aromatic nitrogens is 4. The third kappa shape index (κ3) is 2.38. The minimum absolute atomic E-state index is 0.658. The van der Waals surface area contributed by atoms with Gasteiger partial charge in [0, 0.05) is 16.1 Å². The Morgan fingerprint density at radius 1 is 0.909 bits per heavy atom. The van der Waals surface area contributed by atoms with Crippen LogP contribution in [0.3, 0.4) is 0 Å². The molecule has 0 saturated heterocycles. The van der Waals surface area contributed by atoms with Gasteiger partial charge in [0.05, 0.1) is 0 Å². The van der Waals surface area contributed by atoms with Crippen molar-refractivity contribution in [3.8, 4) is 22.0 Å². The van der Waals surface area contributed by atoms with E-state index in [2.05, 4.69) is 46.4 Å². The molecule has 0 bridgehead atoms. The van der Waals surface area contributed by atoms with Gasteiger partial charge < -0.3 is 0 Å². The molecule has 4 aromatic rings. The molecule has 4 nitrogen and oxygen atoms in total. The van der Waals surface area contributed by atoms with Crippen LogP contribution in [0.2, 0.25) is 5.02 Å². The third-order valence-electron chi connectivity index (χ3n) is 3.34. The van der Waals surface area contributed by atoms with Crippen LogP contribution in [0.1, 0.15) is 5.56 Å². The largest absolute Gasteiger partial charge is 0.234 e. The zero-order chi connectivity index (χ0) is 15.1. The summed E-state index contributed by atoms with van der Waals surface area (Å²) in [6, 6.07) is 15.7. The van der Waals surface area contributed by atoms with Gasteiger partial charge in [0.15, 0.2) is 5.82 Å². The zero-order valence-corrected chi connectivity index (χ0v) is 13.3. The maximum Gasteiger partial charge on any atom is 0.234 e. The lowest BCUT2D eigenvalue weighted by Gasteiger charge is -1.96. The molecule has 22 heavy (non-hydrogen) atoms. The Labute approximate surface area is 136 Å². The first kappa shape index (κ1) is 13.4. The lowest BCUT2D eigenvalue weighted by Crippen LogP contribution is -1.88. The Kier molecular flexibility index (Phi) is 3.17. The van der Waals surface area contributed by atoms with Gasteiger partial charge in [-0.05, 0) is 31.2 Å². The van der Waals surface area contributed by atoms with Crippen LogP contribution in [0.4, 0.5) is 0 Å². The van der Waals surface area contributed by atoms with Gasteiger partial charge in [0.2, 0.25) is 4.96 Å². The van der Waals surface area contributed by atoms with Crippen LogP contribution >= 0.6 is 22.9 Å². The summed E-state index contributed by atoms with van der Waals surface area (Å²) in [5.74, 6) is 0.658. The molecule has 0 radical (unpaired) electrons. The van der Waals surface area contributed by atoms with E-state index in [0.717, 1.165) is 21.1 Å². The average molecular weight is 327 g/mol. The second-order valence-electron chi connectivity index (χ2n) is 4.99. The fourth-order valence-corrected chi connectivity index (χ4v) is 3.11. The Morgan fingerprint density at radius 2 is 1.59 bits per heavy atom. The summed E-state index contributed by atoms with van der Waals surface area (Å²) >= 11 is 7.43. The number of hydrogen-bond donors (Lipinski definition) is 0. The molecule has 0 aliphatic heterocycles. The van der Waals surface area contributed by atoms with Crippen LogP contribution in [0.25, 0.3) is 26.9 Å². The van der Waals surface area contributed by atoms with Crippen LogP contribution in [0.15, 0.2) is 48.5 Å². The highest BCUT2D eigenvalue weighted by atomic mass is 35.5. The van der Waals surface area contributed by atoms with Gasteiger partial charge in [-0.15, -0.1) is 14.8 Å². The second-order valence-corrected chi connectivity index (χ2v) is 6.38. The van der Waals surface area contributed by atoms with Crippen LogP contribution in [-0.4, -0.2) is 19.8 Å². The number of fused-ring (bicyclic) bond motifs is 1. The van der Waals surface area contributed by atoms with Crippen molar-refractivity contribution in [2.75, 3.05) is 0 Å². The molecule has 0 aliphatic rings. The van der Waals surface area contributed by atoms with Crippen molar-refractivity contribution >= 4 is 27.9 Å². The van der Waals surface area contributed by atoms with E-state index in [-0.39, 0.29) is 0 Å². The number of nitrogens with zero attached hydrogens (tertiary/aromatic N) is 4. The maximum atomic E-state index is 5.90. The molecular weight excluding hydrogens is 316 g/mol. The summed E-state index contributed by atoms with van der Waals surface area (Å²) in [7, 11) is 0. The summed E-state index contributed by atoms with van der Waals surface area (Å²) in [5, 5.41) is 10.6. The van der Waals surface area contributed by atoms with Crippen molar-refractivity contribution < 1.29 is 0 Å². The number of hydrogen-bond acceptors (Lipinski definition) is 4. The van der Waals surface area contributed by atoms with Crippen molar-refractivity contribution in [3.63, 3.8) is 0 Å². The molecule has 2 aromatic heterocycles. The smallest absolute Gasteiger partial charge is 0.196 e. The van der Waals surface area contributed by atoms with Crippen LogP contribution < -0.4 is 0 Å². The Morgan fingerprint density at radius 3 is 2.27 bits per heavy atom. The molecule has 0 N–H and O–H groups in total. The molecule has 0 atom stereocenters. The summed E-state index contributed by atoms with van der Waals surface area (Å²) in [6.45, 7) is 2.07. The second kappa shape index (κ2) is 5.19.